The Labute approximate surface area is 111 Å². The molecular formula is C14H27N3O. The maximum Gasteiger partial charge on any atom is 0.0672 e. The van der Waals surface area contributed by atoms with Crippen LogP contribution in [0.5, 0.6) is 0 Å². The Morgan fingerprint density at radius 1 is 1.28 bits per heavy atom. The Morgan fingerprint density at radius 2 is 2.00 bits per heavy atom. The molecule has 0 aliphatic carbocycles. The van der Waals surface area contributed by atoms with E-state index in [1.54, 1.807) is 7.11 Å². The molecule has 1 unspecified atom stereocenters. The number of nitrogens with one attached hydrogen (secondary N) is 1. The third kappa shape index (κ3) is 3.33. The number of rotatable bonds is 8. The molecule has 0 fully saturated rings. The average Bonchev–Trinajstić information content (AvgIpc) is 2.74. The Kier molecular flexibility index (Phi) is 6.36. The molecule has 1 aromatic rings. The van der Waals surface area contributed by atoms with Crippen molar-refractivity contribution in [2.75, 3.05) is 20.3 Å². The molecule has 0 saturated carbocycles. The molecule has 1 rings (SSSR count). The van der Waals surface area contributed by atoms with Crippen LogP contribution in [0.25, 0.3) is 0 Å². The number of aromatic nitrogens is 2. The van der Waals surface area contributed by atoms with Gasteiger partial charge in [0.2, 0.25) is 0 Å². The number of methoxy groups -OCH3 is 1. The van der Waals surface area contributed by atoms with Gasteiger partial charge in [-0.15, -0.1) is 0 Å². The summed E-state index contributed by atoms with van der Waals surface area (Å²) < 4.78 is 7.28. The van der Waals surface area contributed by atoms with Crippen molar-refractivity contribution in [2.24, 2.45) is 0 Å². The van der Waals surface area contributed by atoms with Crippen molar-refractivity contribution in [2.45, 2.75) is 53.1 Å². The van der Waals surface area contributed by atoms with Crippen LogP contribution < -0.4 is 5.32 Å². The molecule has 4 nitrogen and oxygen atoms in total. The van der Waals surface area contributed by atoms with Gasteiger partial charge < -0.3 is 10.1 Å². The van der Waals surface area contributed by atoms with Crippen LogP contribution in [0.4, 0.5) is 0 Å². The van der Waals surface area contributed by atoms with Gasteiger partial charge in [-0.25, -0.2) is 0 Å². The Balaban J connectivity index is 3.07. The SMILES string of the molecule is CCNC(C)c1c(CC)nn(CCOC)c1CC. The van der Waals surface area contributed by atoms with Gasteiger partial charge in [0.1, 0.15) is 0 Å². The summed E-state index contributed by atoms with van der Waals surface area (Å²) in [5, 5.41) is 8.23. The van der Waals surface area contributed by atoms with Gasteiger partial charge in [-0.2, -0.15) is 5.10 Å². The van der Waals surface area contributed by atoms with Crippen LogP contribution in [0.15, 0.2) is 0 Å². The maximum absolute atomic E-state index is 5.16. The van der Waals surface area contributed by atoms with Gasteiger partial charge in [-0.05, 0) is 26.3 Å². The second-order valence-electron chi connectivity index (χ2n) is 4.51. The van der Waals surface area contributed by atoms with Crippen LogP contribution in [0.2, 0.25) is 0 Å². The van der Waals surface area contributed by atoms with Crippen molar-refractivity contribution in [3.05, 3.63) is 17.0 Å². The van der Waals surface area contributed by atoms with Crippen LogP contribution in [0, 0.1) is 0 Å². The maximum atomic E-state index is 5.16. The first-order chi connectivity index (χ1) is 8.69. The Morgan fingerprint density at radius 3 is 2.50 bits per heavy atom. The van der Waals surface area contributed by atoms with E-state index in [4.69, 9.17) is 9.84 Å². The van der Waals surface area contributed by atoms with Crippen LogP contribution in [-0.2, 0) is 24.1 Å². The molecular weight excluding hydrogens is 226 g/mol. The number of nitrogens with zero attached hydrogens (tertiary/aromatic N) is 2. The second kappa shape index (κ2) is 7.54. The quantitative estimate of drug-likeness (QED) is 0.773. The highest BCUT2D eigenvalue weighted by Crippen LogP contribution is 2.23. The van der Waals surface area contributed by atoms with E-state index >= 15 is 0 Å². The molecule has 1 heterocycles. The second-order valence-corrected chi connectivity index (χ2v) is 4.51. The van der Waals surface area contributed by atoms with E-state index in [0.29, 0.717) is 12.6 Å². The first-order valence-electron chi connectivity index (χ1n) is 7.00. The van der Waals surface area contributed by atoms with Crippen molar-refractivity contribution in [1.29, 1.82) is 0 Å². The first-order valence-corrected chi connectivity index (χ1v) is 7.00. The highest BCUT2D eigenvalue weighted by Gasteiger charge is 2.19. The molecule has 0 aromatic carbocycles. The summed E-state index contributed by atoms with van der Waals surface area (Å²) in [5.74, 6) is 0. The van der Waals surface area contributed by atoms with Crippen molar-refractivity contribution in [3.63, 3.8) is 0 Å². The summed E-state index contributed by atoms with van der Waals surface area (Å²) in [6, 6.07) is 0.371. The van der Waals surface area contributed by atoms with Crippen molar-refractivity contribution in [3.8, 4) is 0 Å². The molecule has 0 radical (unpaired) electrons. The molecule has 0 saturated heterocycles. The summed E-state index contributed by atoms with van der Waals surface area (Å²) in [7, 11) is 1.73. The number of hydrogen-bond donors (Lipinski definition) is 1. The summed E-state index contributed by atoms with van der Waals surface area (Å²) in [6.07, 6.45) is 2.00. The van der Waals surface area contributed by atoms with Gasteiger partial charge in [0, 0.05) is 24.4 Å². The number of ether oxygens (including phenoxy) is 1. The molecule has 104 valence electrons. The van der Waals surface area contributed by atoms with Crippen molar-refractivity contribution >= 4 is 0 Å². The van der Waals surface area contributed by atoms with Crippen molar-refractivity contribution < 1.29 is 4.74 Å². The Hall–Kier alpha value is -0.870. The molecule has 4 heteroatoms. The fraction of sp³-hybridized carbons (Fsp3) is 0.786. The summed E-state index contributed by atoms with van der Waals surface area (Å²) >= 11 is 0. The summed E-state index contributed by atoms with van der Waals surface area (Å²) in [5.41, 5.74) is 3.95. The molecule has 1 atom stereocenters. The van der Waals surface area contributed by atoms with E-state index in [0.717, 1.165) is 25.9 Å². The van der Waals surface area contributed by atoms with Crippen LogP contribution in [-0.4, -0.2) is 30.0 Å². The minimum absolute atomic E-state index is 0.371. The third-order valence-electron chi connectivity index (χ3n) is 3.30. The molecule has 18 heavy (non-hydrogen) atoms. The Bertz CT molecular complexity index is 360. The normalized spacial score (nSPS) is 12.9. The predicted octanol–water partition coefficient (Wildman–Crippen LogP) is 2.32. The third-order valence-corrected chi connectivity index (χ3v) is 3.30. The minimum atomic E-state index is 0.371. The lowest BCUT2D eigenvalue weighted by atomic mass is 10.0. The van der Waals surface area contributed by atoms with Crippen LogP contribution in [0.3, 0.4) is 0 Å². The monoisotopic (exact) mass is 253 g/mol. The lowest BCUT2D eigenvalue weighted by molar-refractivity contribution is 0.182. The highest BCUT2D eigenvalue weighted by molar-refractivity contribution is 5.30. The van der Waals surface area contributed by atoms with Gasteiger partial charge in [0.05, 0.1) is 18.8 Å². The molecule has 0 aliphatic heterocycles. The van der Waals surface area contributed by atoms with Gasteiger partial charge in [-0.1, -0.05) is 20.8 Å². The standard InChI is InChI=1S/C14H27N3O/c1-6-12-14(11(4)15-8-3)13(7-2)17(16-12)9-10-18-5/h11,15H,6-10H2,1-5H3. The molecule has 0 bridgehead atoms. The van der Waals surface area contributed by atoms with Gasteiger partial charge in [-0.3, -0.25) is 4.68 Å². The summed E-state index contributed by atoms with van der Waals surface area (Å²) in [6.45, 7) is 11.3. The van der Waals surface area contributed by atoms with E-state index in [-0.39, 0.29) is 0 Å². The summed E-state index contributed by atoms with van der Waals surface area (Å²) in [4.78, 5) is 0. The number of hydrogen-bond acceptors (Lipinski definition) is 3. The molecule has 1 aromatic heterocycles. The topological polar surface area (TPSA) is 39.1 Å². The van der Waals surface area contributed by atoms with Crippen LogP contribution >= 0.6 is 0 Å². The molecule has 1 N–H and O–H groups in total. The van der Waals surface area contributed by atoms with Gasteiger partial charge in [0.25, 0.3) is 0 Å². The smallest absolute Gasteiger partial charge is 0.0672 e. The average molecular weight is 253 g/mol. The zero-order valence-electron chi connectivity index (χ0n) is 12.4. The van der Waals surface area contributed by atoms with E-state index < -0.39 is 0 Å². The highest BCUT2D eigenvalue weighted by atomic mass is 16.5. The van der Waals surface area contributed by atoms with Crippen molar-refractivity contribution in [1.82, 2.24) is 15.1 Å². The van der Waals surface area contributed by atoms with E-state index in [9.17, 15) is 0 Å². The van der Waals surface area contributed by atoms with E-state index in [1.165, 1.54) is 17.0 Å². The molecule has 0 amide bonds. The fourth-order valence-electron chi connectivity index (χ4n) is 2.47. The van der Waals surface area contributed by atoms with Crippen LogP contribution in [0.1, 0.15) is 50.7 Å². The number of aryl methyl sites for hydroxylation is 1. The predicted molar refractivity (Wildman–Crippen MR) is 75.0 cm³/mol. The first kappa shape index (κ1) is 15.2. The lowest BCUT2D eigenvalue weighted by Gasteiger charge is -2.15. The largest absolute Gasteiger partial charge is 0.383 e. The zero-order chi connectivity index (χ0) is 13.5. The molecule has 0 spiro atoms. The molecule has 0 aliphatic rings. The van der Waals surface area contributed by atoms with Gasteiger partial charge in [0.15, 0.2) is 0 Å². The van der Waals surface area contributed by atoms with E-state index in [2.05, 4.69) is 37.7 Å². The zero-order valence-corrected chi connectivity index (χ0v) is 12.4. The minimum Gasteiger partial charge on any atom is -0.383 e. The van der Waals surface area contributed by atoms with E-state index in [1.807, 2.05) is 0 Å². The fourth-order valence-corrected chi connectivity index (χ4v) is 2.47. The lowest BCUT2D eigenvalue weighted by Crippen LogP contribution is -2.20. The van der Waals surface area contributed by atoms with Gasteiger partial charge >= 0.3 is 0 Å².